The van der Waals surface area contributed by atoms with Gasteiger partial charge in [0.15, 0.2) is 0 Å². The van der Waals surface area contributed by atoms with Crippen molar-refractivity contribution in [2.75, 3.05) is 6.61 Å². The Morgan fingerprint density at radius 1 is 1.32 bits per heavy atom. The van der Waals surface area contributed by atoms with E-state index in [2.05, 4.69) is 38.6 Å². The summed E-state index contributed by atoms with van der Waals surface area (Å²) in [6, 6.07) is 2.12. The Hall–Kier alpha value is -1.41. The Bertz CT molecular complexity index is 814. The van der Waals surface area contributed by atoms with Gasteiger partial charge in [-0.1, -0.05) is 51.0 Å². The summed E-state index contributed by atoms with van der Waals surface area (Å²) in [5.41, 5.74) is 3.28. The normalized spacial score (nSPS) is 35.4. The summed E-state index contributed by atoms with van der Waals surface area (Å²) < 4.78 is 5.84. The predicted octanol–water partition coefficient (Wildman–Crippen LogP) is 6.64. The zero-order valence-electron chi connectivity index (χ0n) is 22.0. The maximum atomic E-state index is 10.5. The molecule has 0 saturated heterocycles. The molecule has 0 aromatic rings. The van der Waals surface area contributed by atoms with Crippen LogP contribution in [0.1, 0.15) is 98.3 Å². The third kappa shape index (κ3) is 6.62. The third-order valence-electron chi connectivity index (χ3n) is 8.99. The lowest BCUT2D eigenvalue weighted by atomic mass is 9.60. The number of hydrogen-bond acceptors (Lipinski definition) is 4. The number of nitrogens with zero attached hydrogens (tertiary/aromatic N) is 1. The number of fused-ring (bicyclic) bond motifs is 1. The van der Waals surface area contributed by atoms with Crippen molar-refractivity contribution >= 4 is 0 Å². The van der Waals surface area contributed by atoms with Crippen molar-refractivity contribution in [3.05, 3.63) is 35.5 Å². The molecule has 0 heterocycles. The number of nitriles is 1. The molecule has 0 amide bonds. The maximum absolute atomic E-state index is 10.5. The summed E-state index contributed by atoms with van der Waals surface area (Å²) >= 11 is 0. The van der Waals surface area contributed by atoms with Crippen LogP contribution in [0.25, 0.3) is 0 Å². The molecule has 0 radical (unpaired) electrons. The molecule has 3 aliphatic rings. The molecule has 3 rings (SSSR count). The van der Waals surface area contributed by atoms with E-state index in [4.69, 9.17) is 10.00 Å². The van der Waals surface area contributed by atoms with Gasteiger partial charge in [-0.3, -0.25) is 0 Å². The van der Waals surface area contributed by atoms with Gasteiger partial charge in [0.25, 0.3) is 0 Å². The van der Waals surface area contributed by atoms with Gasteiger partial charge >= 0.3 is 0 Å². The predicted molar refractivity (Wildman–Crippen MR) is 138 cm³/mol. The first-order chi connectivity index (χ1) is 16.0. The Labute approximate surface area is 207 Å². The topological polar surface area (TPSA) is 73.5 Å². The lowest BCUT2D eigenvalue weighted by molar-refractivity contribution is 0.0165. The molecule has 4 heteroatoms. The molecule has 0 aromatic carbocycles. The van der Waals surface area contributed by atoms with Crippen LogP contribution in [0.15, 0.2) is 35.5 Å². The van der Waals surface area contributed by atoms with Gasteiger partial charge in [0.1, 0.15) is 0 Å². The van der Waals surface area contributed by atoms with Gasteiger partial charge in [0.05, 0.1) is 36.9 Å². The van der Waals surface area contributed by atoms with E-state index in [-0.39, 0.29) is 6.10 Å². The molecule has 0 spiro atoms. The van der Waals surface area contributed by atoms with Gasteiger partial charge < -0.3 is 14.9 Å². The smallest absolute Gasteiger partial charge is 0.0811 e. The number of aliphatic hydroxyl groups is 2. The SMILES string of the molecule is C=C1C(=CC=C2CCC[C@]3(C)[C@@H]([C@H](C)CCCC(C)(C)O)CC[C@@H]23)C[C@@H](OCCC#N)C[C@@H]1O. The highest BCUT2D eigenvalue weighted by Crippen LogP contribution is 2.60. The Morgan fingerprint density at radius 3 is 2.79 bits per heavy atom. The molecule has 34 heavy (non-hydrogen) atoms. The molecule has 0 aliphatic heterocycles. The van der Waals surface area contributed by atoms with Crippen LogP contribution in [0.3, 0.4) is 0 Å². The molecular formula is C30H47NO3. The maximum Gasteiger partial charge on any atom is 0.0811 e. The molecule has 0 bridgehead atoms. The molecule has 3 fully saturated rings. The summed E-state index contributed by atoms with van der Waals surface area (Å²) in [5, 5.41) is 29.4. The average molecular weight is 470 g/mol. The number of aliphatic hydroxyl groups excluding tert-OH is 1. The zero-order valence-corrected chi connectivity index (χ0v) is 22.0. The first-order valence-electron chi connectivity index (χ1n) is 13.5. The highest BCUT2D eigenvalue weighted by molar-refractivity contribution is 5.38. The van der Waals surface area contributed by atoms with Crippen molar-refractivity contribution in [3.63, 3.8) is 0 Å². The van der Waals surface area contributed by atoms with Crippen molar-refractivity contribution in [1.82, 2.24) is 0 Å². The van der Waals surface area contributed by atoms with Crippen molar-refractivity contribution in [2.45, 2.75) is 116 Å². The van der Waals surface area contributed by atoms with E-state index in [1.54, 1.807) is 5.57 Å². The van der Waals surface area contributed by atoms with Crippen LogP contribution >= 0.6 is 0 Å². The second-order valence-corrected chi connectivity index (χ2v) is 12.1. The van der Waals surface area contributed by atoms with E-state index in [1.165, 1.54) is 38.5 Å². The molecule has 0 unspecified atom stereocenters. The molecule has 6 atom stereocenters. The summed E-state index contributed by atoms with van der Waals surface area (Å²) in [7, 11) is 0. The number of rotatable bonds is 9. The lowest BCUT2D eigenvalue weighted by Gasteiger charge is -2.44. The van der Waals surface area contributed by atoms with Crippen LogP contribution in [0.5, 0.6) is 0 Å². The first kappa shape index (κ1) is 27.2. The Kier molecular flexibility index (Phi) is 9.23. The molecule has 3 saturated carbocycles. The van der Waals surface area contributed by atoms with Crippen molar-refractivity contribution in [1.29, 1.82) is 5.26 Å². The van der Waals surface area contributed by atoms with Crippen LogP contribution in [0.2, 0.25) is 0 Å². The van der Waals surface area contributed by atoms with Crippen LogP contribution in [0.4, 0.5) is 0 Å². The van der Waals surface area contributed by atoms with Crippen molar-refractivity contribution < 1.29 is 14.9 Å². The van der Waals surface area contributed by atoms with E-state index in [9.17, 15) is 10.2 Å². The number of allylic oxidation sites excluding steroid dienone is 3. The van der Waals surface area contributed by atoms with E-state index in [0.717, 1.165) is 36.3 Å². The lowest BCUT2D eigenvalue weighted by Crippen LogP contribution is -2.36. The highest BCUT2D eigenvalue weighted by atomic mass is 16.5. The molecule has 4 nitrogen and oxygen atoms in total. The zero-order chi connectivity index (χ0) is 24.9. The van der Waals surface area contributed by atoms with Gasteiger partial charge in [-0.15, -0.1) is 0 Å². The standard InChI is InChI=1S/C30H47NO3/c1-21(9-6-15-29(3,4)33)26-13-14-27-23(10-7-16-30(26,27)5)11-12-24-19-25(34-18-8-17-31)20-28(32)22(24)2/h11-12,21,25-28,32-33H,2,6-10,13-16,18-20H2,1,3-5H3/t21-,25-,26-,27+,28+,30-/m1/s1. The number of ether oxygens (including phenoxy) is 1. The molecule has 190 valence electrons. The van der Waals surface area contributed by atoms with Gasteiger partial charge in [0.2, 0.25) is 0 Å². The minimum absolute atomic E-state index is 0.0456. The second kappa shape index (κ2) is 11.5. The van der Waals surface area contributed by atoms with E-state index in [0.29, 0.717) is 36.7 Å². The quantitative estimate of drug-likeness (QED) is 0.371. The molecule has 0 aromatic heterocycles. The van der Waals surface area contributed by atoms with Crippen molar-refractivity contribution in [2.24, 2.45) is 23.2 Å². The molecular weight excluding hydrogens is 422 g/mol. The summed E-state index contributed by atoms with van der Waals surface area (Å²) in [4.78, 5) is 0. The summed E-state index contributed by atoms with van der Waals surface area (Å²) in [6.45, 7) is 13.4. The summed E-state index contributed by atoms with van der Waals surface area (Å²) in [6.07, 6.45) is 15.1. The van der Waals surface area contributed by atoms with Gasteiger partial charge in [-0.05, 0) is 93.1 Å². The van der Waals surface area contributed by atoms with Crippen LogP contribution < -0.4 is 0 Å². The van der Waals surface area contributed by atoms with Crippen LogP contribution in [-0.2, 0) is 4.74 Å². The van der Waals surface area contributed by atoms with Crippen molar-refractivity contribution in [3.8, 4) is 6.07 Å². The fourth-order valence-corrected chi connectivity index (χ4v) is 7.12. The molecule has 3 aliphatic carbocycles. The van der Waals surface area contributed by atoms with Gasteiger partial charge in [-0.25, -0.2) is 0 Å². The van der Waals surface area contributed by atoms with Crippen LogP contribution in [-0.4, -0.2) is 34.6 Å². The molecule has 2 N–H and O–H groups in total. The third-order valence-corrected chi connectivity index (χ3v) is 8.99. The fourth-order valence-electron chi connectivity index (χ4n) is 7.12. The Morgan fingerprint density at radius 2 is 2.09 bits per heavy atom. The van der Waals surface area contributed by atoms with E-state index >= 15 is 0 Å². The number of hydrogen-bond donors (Lipinski definition) is 2. The summed E-state index contributed by atoms with van der Waals surface area (Å²) in [5.74, 6) is 2.08. The minimum atomic E-state index is -0.567. The van der Waals surface area contributed by atoms with E-state index in [1.807, 2.05) is 13.8 Å². The van der Waals surface area contributed by atoms with Gasteiger partial charge in [-0.2, -0.15) is 5.26 Å². The second-order valence-electron chi connectivity index (χ2n) is 12.1. The highest BCUT2D eigenvalue weighted by Gasteiger charge is 2.50. The van der Waals surface area contributed by atoms with E-state index < -0.39 is 11.7 Å². The average Bonchev–Trinajstić information content (AvgIpc) is 3.12. The minimum Gasteiger partial charge on any atom is -0.390 e. The first-order valence-corrected chi connectivity index (χ1v) is 13.5. The Balaban J connectivity index is 1.68. The van der Waals surface area contributed by atoms with Gasteiger partial charge in [0, 0.05) is 6.42 Å². The monoisotopic (exact) mass is 469 g/mol. The largest absolute Gasteiger partial charge is 0.390 e. The fraction of sp³-hybridized carbons (Fsp3) is 0.767. The van der Waals surface area contributed by atoms with Crippen LogP contribution in [0, 0.1) is 34.5 Å².